The second kappa shape index (κ2) is 7.34. The van der Waals surface area contributed by atoms with Crippen LogP contribution in [-0.4, -0.2) is 30.5 Å². The average molecular weight is 480 g/mol. The van der Waals surface area contributed by atoms with Crippen molar-refractivity contribution < 1.29 is 17.9 Å². The van der Waals surface area contributed by atoms with Crippen molar-refractivity contribution in [1.29, 1.82) is 0 Å². The molecular weight excluding hydrogens is 457 g/mol. The summed E-state index contributed by atoms with van der Waals surface area (Å²) in [6.45, 7) is 4.15. The second-order valence-corrected chi connectivity index (χ2v) is 9.10. The summed E-state index contributed by atoms with van der Waals surface area (Å²) in [4.78, 5) is 4.28. The van der Waals surface area contributed by atoms with Gasteiger partial charge in [0.2, 0.25) is 0 Å². The SMILES string of the molecule is CCn1nc2c3c1-c1cnc(N)c(c1)O[C@H](C)c1cc(F)ccc1-c1nn(C)cc1C3C(F)(F)C2. The Morgan fingerprint density at radius 3 is 2.77 bits per heavy atom. The molecule has 0 spiro atoms. The number of fused-ring (bicyclic) bond motifs is 7. The topological polar surface area (TPSA) is 83.8 Å². The Morgan fingerprint density at radius 1 is 1.20 bits per heavy atom. The number of pyridine rings is 1. The summed E-state index contributed by atoms with van der Waals surface area (Å²) < 4.78 is 55.3. The normalized spacial score (nSPS) is 19.7. The molecule has 1 aliphatic heterocycles. The van der Waals surface area contributed by atoms with Gasteiger partial charge in [0, 0.05) is 53.8 Å². The van der Waals surface area contributed by atoms with Crippen molar-refractivity contribution in [3.8, 4) is 28.3 Å². The van der Waals surface area contributed by atoms with Gasteiger partial charge in [-0.25, -0.2) is 18.2 Å². The van der Waals surface area contributed by atoms with Gasteiger partial charge in [-0.15, -0.1) is 0 Å². The van der Waals surface area contributed by atoms with E-state index in [1.165, 1.54) is 16.8 Å². The molecule has 180 valence electrons. The van der Waals surface area contributed by atoms with Crippen molar-refractivity contribution >= 4 is 5.82 Å². The Hall–Kier alpha value is -3.82. The molecule has 35 heavy (non-hydrogen) atoms. The Morgan fingerprint density at radius 2 is 2.00 bits per heavy atom. The molecule has 1 aliphatic carbocycles. The molecule has 7 nitrogen and oxygen atoms in total. The monoisotopic (exact) mass is 480 g/mol. The van der Waals surface area contributed by atoms with Crippen LogP contribution in [0.3, 0.4) is 0 Å². The van der Waals surface area contributed by atoms with Crippen molar-refractivity contribution in [3.63, 3.8) is 0 Å². The van der Waals surface area contributed by atoms with Gasteiger partial charge in [0.1, 0.15) is 11.9 Å². The zero-order valence-electron chi connectivity index (χ0n) is 19.4. The van der Waals surface area contributed by atoms with Crippen molar-refractivity contribution in [2.75, 3.05) is 5.73 Å². The number of benzene rings is 1. The van der Waals surface area contributed by atoms with Gasteiger partial charge in [0.05, 0.1) is 29.4 Å². The van der Waals surface area contributed by atoms with Crippen molar-refractivity contribution in [2.24, 2.45) is 7.05 Å². The molecule has 4 aromatic rings. The molecule has 2 N–H and O–H groups in total. The van der Waals surface area contributed by atoms with Gasteiger partial charge in [-0.3, -0.25) is 9.36 Å². The Balaban J connectivity index is 1.74. The number of ether oxygens (including phenoxy) is 1. The van der Waals surface area contributed by atoms with E-state index in [0.717, 1.165) is 0 Å². The van der Waals surface area contributed by atoms with Crippen LogP contribution in [0.5, 0.6) is 5.75 Å². The highest BCUT2D eigenvalue weighted by Crippen LogP contribution is 2.54. The summed E-state index contributed by atoms with van der Waals surface area (Å²) in [6, 6.07) is 5.90. The van der Waals surface area contributed by atoms with Crippen molar-refractivity contribution in [3.05, 3.63) is 64.9 Å². The van der Waals surface area contributed by atoms with Gasteiger partial charge in [-0.05, 0) is 38.1 Å². The summed E-state index contributed by atoms with van der Waals surface area (Å²) in [5.74, 6) is -4.41. The van der Waals surface area contributed by atoms with Crippen molar-refractivity contribution in [2.45, 2.75) is 44.8 Å². The van der Waals surface area contributed by atoms with Crippen LogP contribution in [0, 0.1) is 5.82 Å². The standard InChI is InChI=1S/C25H23F3N6O/c1-4-34-23-13-7-19(24(29)30-10-13)35-12(2)16-8-14(26)5-6-15(16)22-17(11-33(3)32-22)21-20(23)18(31-34)9-25(21,27)28/h5-8,10-12,21H,4,9H2,1-3H3,(H2,29,30)/t12-,21?/m1/s1. The third kappa shape index (κ3) is 3.15. The minimum Gasteiger partial charge on any atom is -0.482 e. The van der Waals surface area contributed by atoms with E-state index >= 15 is 8.78 Å². The minimum absolute atomic E-state index is 0.148. The van der Waals surface area contributed by atoms with Crippen molar-refractivity contribution in [1.82, 2.24) is 24.5 Å². The molecule has 0 fully saturated rings. The lowest BCUT2D eigenvalue weighted by Gasteiger charge is -2.25. The van der Waals surface area contributed by atoms with E-state index in [1.54, 1.807) is 43.2 Å². The van der Waals surface area contributed by atoms with E-state index in [1.807, 2.05) is 6.92 Å². The summed E-state index contributed by atoms with van der Waals surface area (Å²) in [5, 5.41) is 9.10. The molecule has 6 rings (SSSR count). The first kappa shape index (κ1) is 21.7. The lowest BCUT2D eigenvalue weighted by Crippen LogP contribution is -2.25. The molecule has 2 aliphatic rings. The number of rotatable bonds is 1. The van der Waals surface area contributed by atoms with E-state index in [4.69, 9.17) is 10.5 Å². The predicted molar refractivity (Wildman–Crippen MR) is 124 cm³/mol. The predicted octanol–water partition coefficient (Wildman–Crippen LogP) is 4.86. The summed E-state index contributed by atoms with van der Waals surface area (Å²) in [6.07, 6.45) is 2.02. The van der Waals surface area contributed by atoms with Crippen LogP contribution in [-0.2, 0) is 20.0 Å². The van der Waals surface area contributed by atoms with Crippen LogP contribution in [0.4, 0.5) is 19.0 Å². The van der Waals surface area contributed by atoms with E-state index in [-0.39, 0.29) is 11.6 Å². The Bertz CT molecular complexity index is 1490. The zero-order valence-corrected chi connectivity index (χ0v) is 19.4. The molecule has 0 radical (unpaired) electrons. The maximum Gasteiger partial charge on any atom is 0.264 e. The van der Waals surface area contributed by atoms with E-state index in [0.29, 0.717) is 51.4 Å². The minimum atomic E-state index is -3.09. The van der Waals surface area contributed by atoms with E-state index in [9.17, 15) is 4.39 Å². The Labute approximate surface area is 199 Å². The number of alkyl halides is 2. The first-order chi connectivity index (χ1) is 16.7. The molecule has 0 saturated carbocycles. The van der Waals surface area contributed by atoms with Crippen LogP contribution in [0.1, 0.15) is 48.3 Å². The maximum absolute atomic E-state index is 15.7. The number of nitrogens with zero attached hydrogens (tertiary/aromatic N) is 5. The molecule has 0 saturated heterocycles. The molecule has 2 atom stereocenters. The third-order valence-corrected chi connectivity index (χ3v) is 6.81. The number of aromatic nitrogens is 5. The third-order valence-electron chi connectivity index (χ3n) is 6.81. The number of halogens is 3. The van der Waals surface area contributed by atoms with E-state index in [2.05, 4.69) is 15.2 Å². The number of nitrogen functional groups attached to an aromatic ring is 1. The smallest absolute Gasteiger partial charge is 0.264 e. The van der Waals surface area contributed by atoms with Crippen LogP contribution in [0.2, 0.25) is 0 Å². The Kier molecular flexibility index (Phi) is 4.55. The number of nitrogens with two attached hydrogens (primary N) is 1. The molecule has 4 heterocycles. The molecule has 1 unspecified atom stereocenters. The van der Waals surface area contributed by atoms with Gasteiger partial charge in [-0.2, -0.15) is 10.2 Å². The molecule has 0 amide bonds. The van der Waals surface area contributed by atoms with Gasteiger partial charge >= 0.3 is 0 Å². The first-order valence-electron chi connectivity index (χ1n) is 11.4. The maximum atomic E-state index is 15.7. The molecule has 2 bridgehead atoms. The van der Waals surface area contributed by atoms with Gasteiger partial charge in [0.25, 0.3) is 5.92 Å². The number of aryl methyl sites for hydroxylation is 2. The highest BCUT2D eigenvalue weighted by atomic mass is 19.3. The van der Waals surface area contributed by atoms with Crippen LogP contribution in [0.15, 0.2) is 36.7 Å². The van der Waals surface area contributed by atoms with Gasteiger partial charge in [0.15, 0.2) is 11.6 Å². The zero-order chi connectivity index (χ0) is 24.6. The molecule has 1 aromatic carbocycles. The largest absolute Gasteiger partial charge is 0.482 e. The lowest BCUT2D eigenvalue weighted by molar-refractivity contribution is -0.00448. The van der Waals surface area contributed by atoms with Gasteiger partial charge in [-0.1, -0.05) is 0 Å². The molecular formula is C25H23F3N6O. The highest BCUT2D eigenvalue weighted by Gasteiger charge is 2.53. The quantitative estimate of drug-likeness (QED) is 0.421. The fourth-order valence-electron chi connectivity index (χ4n) is 5.36. The fourth-order valence-corrected chi connectivity index (χ4v) is 5.36. The number of anilines is 1. The lowest BCUT2D eigenvalue weighted by atomic mass is 9.86. The summed E-state index contributed by atoms with van der Waals surface area (Å²) in [5.41, 5.74) is 9.75. The molecule has 10 heteroatoms. The van der Waals surface area contributed by atoms with Crippen LogP contribution in [0.25, 0.3) is 22.5 Å². The number of hydrogen-bond acceptors (Lipinski definition) is 5. The summed E-state index contributed by atoms with van der Waals surface area (Å²) >= 11 is 0. The van der Waals surface area contributed by atoms with E-state index < -0.39 is 30.2 Å². The summed E-state index contributed by atoms with van der Waals surface area (Å²) in [7, 11) is 1.69. The second-order valence-electron chi connectivity index (χ2n) is 9.10. The average Bonchev–Trinajstić information content (AvgIpc) is 3.42. The van der Waals surface area contributed by atoms with Crippen LogP contribution >= 0.6 is 0 Å². The van der Waals surface area contributed by atoms with Gasteiger partial charge < -0.3 is 10.5 Å². The highest BCUT2D eigenvalue weighted by molar-refractivity contribution is 5.75. The first-order valence-corrected chi connectivity index (χ1v) is 11.4. The fraction of sp³-hybridized carbons (Fsp3) is 0.320. The number of hydrogen-bond donors (Lipinski definition) is 1. The molecule has 3 aromatic heterocycles. The van der Waals surface area contributed by atoms with Crippen LogP contribution < -0.4 is 10.5 Å².